The first-order valence-corrected chi connectivity index (χ1v) is 8.72. The second-order valence-corrected chi connectivity index (χ2v) is 6.20. The molecule has 136 valence electrons. The molecule has 0 bridgehead atoms. The summed E-state index contributed by atoms with van der Waals surface area (Å²) in [5, 5.41) is 12.1. The summed E-state index contributed by atoms with van der Waals surface area (Å²) in [6.07, 6.45) is 1.07. The minimum absolute atomic E-state index is 0. The summed E-state index contributed by atoms with van der Waals surface area (Å²) in [7, 11) is 0. The van der Waals surface area contributed by atoms with Crippen LogP contribution in [0, 0.1) is 0 Å². The molecule has 0 aliphatic carbocycles. The lowest BCUT2D eigenvalue weighted by Crippen LogP contribution is -2.31. The molecule has 3 amide bonds. The average Bonchev–Trinajstić information content (AvgIpc) is 3.04. The van der Waals surface area contributed by atoms with Crippen molar-refractivity contribution in [1.82, 2.24) is 10.6 Å². The van der Waals surface area contributed by atoms with Crippen molar-refractivity contribution >= 4 is 46.4 Å². The van der Waals surface area contributed by atoms with E-state index in [1.807, 2.05) is 18.2 Å². The zero-order chi connectivity index (χ0) is 17.2. The van der Waals surface area contributed by atoms with E-state index in [0.717, 1.165) is 19.5 Å². The Morgan fingerprint density at radius 1 is 0.960 bits per heavy atom. The predicted octanol–water partition coefficient (Wildman–Crippen LogP) is 3.54. The van der Waals surface area contributed by atoms with Crippen LogP contribution in [0.25, 0.3) is 0 Å². The number of rotatable bonds is 8. The van der Waals surface area contributed by atoms with E-state index < -0.39 is 0 Å². The van der Waals surface area contributed by atoms with Gasteiger partial charge in [-0.05, 0) is 37.2 Å². The third-order valence-corrected chi connectivity index (χ3v) is 4.11. The molecule has 0 saturated heterocycles. The molecule has 0 radical (unpaired) electrons. The van der Waals surface area contributed by atoms with Crippen molar-refractivity contribution in [3.63, 3.8) is 0 Å². The highest BCUT2D eigenvalue weighted by Crippen LogP contribution is 2.22. The maximum Gasteiger partial charge on any atom is 0.324 e. The lowest BCUT2D eigenvalue weighted by Gasteiger charge is -2.05. The summed E-state index contributed by atoms with van der Waals surface area (Å²) >= 11 is 1.24. The van der Waals surface area contributed by atoms with Gasteiger partial charge in [0.05, 0.1) is 9.88 Å². The van der Waals surface area contributed by atoms with Crippen LogP contribution in [0.3, 0.4) is 0 Å². The number of nitrogens with one attached hydrogen (secondary N) is 4. The van der Waals surface area contributed by atoms with E-state index in [0.29, 0.717) is 22.1 Å². The third kappa shape index (κ3) is 7.55. The maximum absolute atomic E-state index is 12.0. The molecule has 0 fully saturated rings. The molecule has 0 saturated carbocycles. The summed E-state index contributed by atoms with van der Waals surface area (Å²) in [5.74, 6) is -0.130. The summed E-state index contributed by atoms with van der Waals surface area (Å²) in [6, 6.07) is 12.3. The van der Waals surface area contributed by atoms with E-state index in [4.69, 9.17) is 0 Å². The SMILES string of the molecule is CCCNCCNC(=O)c1ccc(NC(=O)Nc2ccccc2)s1.Cl. The molecule has 8 heteroatoms. The van der Waals surface area contributed by atoms with Gasteiger partial charge in [-0.1, -0.05) is 25.1 Å². The maximum atomic E-state index is 12.0. The van der Waals surface area contributed by atoms with Crippen LogP contribution in [0.5, 0.6) is 0 Å². The van der Waals surface area contributed by atoms with E-state index in [2.05, 4.69) is 28.2 Å². The predicted molar refractivity (Wildman–Crippen MR) is 106 cm³/mol. The summed E-state index contributed by atoms with van der Waals surface area (Å²) < 4.78 is 0. The summed E-state index contributed by atoms with van der Waals surface area (Å²) in [4.78, 5) is 24.5. The molecule has 25 heavy (non-hydrogen) atoms. The van der Waals surface area contributed by atoms with Crippen LogP contribution in [-0.2, 0) is 0 Å². The van der Waals surface area contributed by atoms with Crippen molar-refractivity contribution in [3.05, 3.63) is 47.3 Å². The lowest BCUT2D eigenvalue weighted by atomic mass is 10.3. The van der Waals surface area contributed by atoms with Crippen LogP contribution in [-0.4, -0.2) is 31.6 Å². The first-order chi connectivity index (χ1) is 11.7. The Morgan fingerprint density at radius 3 is 2.44 bits per heavy atom. The van der Waals surface area contributed by atoms with Crippen LogP contribution < -0.4 is 21.3 Å². The minimum atomic E-state index is -0.334. The van der Waals surface area contributed by atoms with E-state index in [-0.39, 0.29) is 24.3 Å². The molecule has 6 nitrogen and oxygen atoms in total. The molecule has 0 atom stereocenters. The van der Waals surface area contributed by atoms with Crippen molar-refractivity contribution < 1.29 is 9.59 Å². The highest BCUT2D eigenvalue weighted by atomic mass is 35.5. The zero-order valence-corrected chi connectivity index (χ0v) is 15.6. The Labute approximate surface area is 157 Å². The number of amides is 3. The van der Waals surface area contributed by atoms with Gasteiger partial charge in [-0.15, -0.1) is 23.7 Å². The summed E-state index contributed by atoms with van der Waals surface area (Å²) in [6.45, 7) is 4.36. The third-order valence-electron chi connectivity index (χ3n) is 3.11. The lowest BCUT2D eigenvalue weighted by molar-refractivity contribution is 0.0958. The molecule has 2 rings (SSSR count). The highest BCUT2D eigenvalue weighted by molar-refractivity contribution is 7.18. The molecule has 0 unspecified atom stereocenters. The number of para-hydroxylation sites is 1. The molecule has 1 heterocycles. The van der Waals surface area contributed by atoms with Crippen LogP contribution in [0.1, 0.15) is 23.0 Å². The van der Waals surface area contributed by atoms with Crippen LogP contribution in [0.2, 0.25) is 0 Å². The van der Waals surface area contributed by atoms with E-state index in [1.165, 1.54) is 11.3 Å². The standard InChI is InChI=1S/C17H22N4O2S.ClH/c1-2-10-18-11-12-19-16(22)14-8-9-15(24-14)21-17(23)20-13-6-4-3-5-7-13;/h3-9,18H,2,10-12H2,1H3,(H,19,22)(H2,20,21,23);1H. The number of hydrogen-bond donors (Lipinski definition) is 4. The van der Waals surface area contributed by atoms with Crippen molar-refractivity contribution in [2.75, 3.05) is 30.3 Å². The van der Waals surface area contributed by atoms with Crippen molar-refractivity contribution in [2.45, 2.75) is 13.3 Å². The van der Waals surface area contributed by atoms with E-state index in [9.17, 15) is 9.59 Å². The number of anilines is 2. The number of urea groups is 1. The number of halogens is 1. The van der Waals surface area contributed by atoms with Gasteiger partial charge in [-0.25, -0.2) is 4.79 Å². The molecular formula is C17H23ClN4O2S. The van der Waals surface area contributed by atoms with Gasteiger partial charge in [0, 0.05) is 18.8 Å². The Balaban J connectivity index is 0.00000312. The largest absolute Gasteiger partial charge is 0.350 e. The number of carbonyl (C=O) groups excluding carboxylic acids is 2. The van der Waals surface area contributed by atoms with Crippen molar-refractivity contribution in [2.24, 2.45) is 0 Å². The normalized spacial score (nSPS) is 9.80. The Hall–Kier alpha value is -2.09. The monoisotopic (exact) mass is 382 g/mol. The minimum Gasteiger partial charge on any atom is -0.350 e. The first kappa shape index (κ1) is 21.0. The van der Waals surface area contributed by atoms with Gasteiger partial charge in [0.2, 0.25) is 0 Å². The zero-order valence-electron chi connectivity index (χ0n) is 14.0. The van der Waals surface area contributed by atoms with Crippen molar-refractivity contribution in [3.8, 4) is 0 Å². The molecule has 0 aliphatic heterocycles. The first-order valence-electron chi connectivity index (χ1n) is 7.91. The average molecular weight is 383 g/mol. The molecule has 0 aliphatic rings. The van der Waals surface area contributed by atoms with Gasteiger partial charge in [0.15, 0.2) is 0 Å². The smallest absolute Gasteiger partial charge is 0.324 e. The highest BCUT2D eigenvalue weighted by Gasteiger charge is 2.10. The Bertz CT molecular complexity index is 664. The second-order valence-electron chi connectivity index (χ2n) is 5.11. The molecule has 1 aromatic heterocycles. The molecule has 0 spiro atoms. The van der Waals surface area contributed by atoms with Gasteiger partial charge in [-0.3, -0.25) is 10.1 Å². The quantitative estimate of drug-likeness (QED) is 0.527. The van der Waals surface area contributed by atoms with Gasteiger partial charge >= 0.3 is 6.03 Å². The Kier molecular flexibility index (Phi) is 9.61. The fourth-order valence-electron chi connectivity index (χ4n) is 1.98. The fraction of sp³-hybridized carbons (Fsp3) is 0.294. The number of carbonyl (C=O) groups is 2. The number of thiophene rings is 1. The van der Waals surface area contributed by atoms with Gasteiger partial charge in [-0.2, -0.15) is 0 Å². The fourth-order valence-corrected chi connectivity index (χ4v) is 2.79. The van der Waals surface area contributed by atoms with Gasteiger partial charge in [0.25, 0.3) is 5.91 Å². The van der Waals surface area contributed by atoms with Gasteiger partial charge in [0.1, 0.15) is 0 Å². The topological polar surface area (TPSA) is 82.3 Å². The van der Waals surface area contributed by atoms with Crippen LogP contribution >= 0.6 is 23.7 Å². The van der Waals surface area contributed by atoms with E-state index >= 15 is 0 Å². The van der Waals surface area contributed by atoms with Crippen LogP contribution in [0.15, 0.2) is 42.5 Å². The molecule has 1 aromatic carbocycles. The molecular weight excluding hydrogens is 360 g/mol. The number of benzene rings is 1. The van der Waals surface area contributed by atoms with Crippen molar-refractivity contribution in [1.29, 1.82) is 0 Å². The van der Waals surface area contributed by atoms with Crippen LogP contribution in [0.4, 0.5) is 15.5 Å². The van der Waals surface area contributed by atoms with Gasteiger partial charge < -0.3 is 16.0 Å². The summed E-state index contributed by atoms with van der Waals surface area (Å²) in [5.41, 5.74) is 0.712. The molecule has 2 aromatic rings. The number of hydrogen-bond acceptors (Lipinski definition) is 4. The Morgan fingerprint density at radius 2 is 1.72 bits per heavy atom. The van der Waals surface area contributed by atoms with E-state index in [1.54, 1.807) is 24.3 Å². The molecule has 4 N–H and O–H groups in total. The second kappa shape index (κ2) is 11.5.